The zero-order valence-electron chi connectivity index (χ0n) is 18.3. The Morgan fingerprint density at radius 2 is 1.77 bits per heavy atom. The lowest BCUT2D eigenvalue weighted by molar-refractivity contribution is -0.140. The van der Waals surface area contributed by atoms with E-state index in [0.29, 0.717) is 35.6 Å². The summed E-state index contributed by atoms with van der Waals surface area (Å²) in [5.74, 6) is -0.477. The number of carbonyl (C=O) groups excluding carboxylic acids is 2. The van der Waals surface area contributed by atoms with E-state index >= 15 is 0 Å². The highest BCUT2D eigenvalue weighted by molar-refractivity contribution is 6.46. The molecule has 2 aromatic rings. The van der Waals surface area contributed by atoms with Gasteiger partial charge in [-0.25, -0.2) is 0 Å². The van der Waals surface area contributed by atoms with E-state index in [1.807, 2.05) is 25.1 Å². The van der Waals surface area contributed by atoms with Gasteiger partial charge >= 0.3 is 0 Å². The average Bonchev–Trinajstić information content (AvgIpc) is 3.03. The first-order valence-corrected chi connectivity index (χ1v) is 10.1. The monoisotopic (exact) mass is 424 g/mol. The molecule has 1 fully saturated rings. The molecule has 1 atom stereocenters. The topological polar surface area (TPSA) is 79.3 Å². The highest BCUT2D eigenvalue weighted by Crippen LogP contribution is 2.43. The number of hydrogen-bond acceptors (Lipinski definition) is 6. The molecule has 0 bridgehead atoms. The van der Waals surface area contributed by atoms with E-state index < -0.39 is 17.7 Å². The minimum absolute atomic E-state index is 0.0487. The molecule has 7 heteroatoms. The minimum Gasteiger partial charge on any atom is -0.507 e. The molecule has 7 nitrogen and oxygen atoms in total. The number of aliphatic hydroxyl groups is 1. The first-order chi connectivity index (χ1) is 14.9. The molecule has 1 amide bonds. The predicted octanol–water partition coefficient (Wildman–Crippen LogP) is 3.08. The highest BCUT2D eigenvalue weighted by Gasteiger charge is 2.47. The summed E-state index contributed by atoms with van der Waals surface area (Å²) in [7, 11) is 6.97. The van der Waals surface area contributed by atoms with Gasteiger partial charge in [-0.1, -0.05) is 30.3 Å². The van der Waals surface area contributed by atoms with Gasteiger partial charge in [0.1, 0.15) is 17.3 Å². The Balaban J connectivity index is 2.18. The summed E-state index contributed by atoms with van der Waals surface area (Å²) >= 11 is 0. The molecule has 0 aromatic heterocycles. The number of amides is 1. The number of Topliss-reactive ketones (excluding diaryl/α,β-unsaturated/α-hetero) is 1. The van der Waals surface area contributed by atoms with Crippen LogP contribution < -0.4 is 9.47 Å². The number of benzene rings is 2. The van der Waals surface area contributed by atoms with Crippen LogP contribution in [0.3, 0.4) is 0 Å². The Morgan fingerprint density at radius 3 is 2.39 bits per heavy atom. The molecule has 1 heterocycles. The zero-order chi connectivity index (χ0) is 22.5. The molecular formula is C24H28N2O5. The Bertz CT molecular complexity index is 985. The van der Waals surface area contributed by atoms with Crippen LogP contribution in [0.5, 0.6) is 11.5 Å². The molecule has 1 unspecified atom stereocenters. The van der Waals surface area contributed by atoms with Crippen LogP contribution in [0.15, 0.2) is 54.1 Å². The van der Waals surface area contributed by atoms with Crippen LogP contribution in [0.25, 0.3) is 5.76 Å². The molecule has 1 saturated heterocycles. The average molecular weight is 424 g/mol. The third-order valence-electron chi connectivity index (χ3n) is 5.32. The second-order valence-electron chi connectivity index (χ2n) is 7.62. The van der Waals surface area contributed by atoms with E-state index in [9.17, 15) is 14.7 Å². The van der Waals surface area contributed by atoms with Crippen LogP contribution >= 0.6 is 0 Å². The summed E-state index contributed by atoms with van der Waals surface area (Å²) < 4.78 is 10.9. The Kier molecular flexibility index (Phi) is 6.97. The van der Waals surface area contributed by atoms with Crippen molar-refractivity contribution >= 4 is 17.4 Å². The predicted molar refractivity (Wildman–Crippen MR) is 118 cm³/mol. The van der Waals surface area contributed by atoms with Gasteiger partial charge < -0.3 is 24.4 Å². The number of hydrogen-bond donors (Lipinski definition) is 1. The SMILES string of the molecule is COc1ccc(OC)c(C2C(=C(O)c3ccccc3)C(=O)C(=O)N2CCCN(C)C)c1. The Labute approximate surface area is 182 Å². The summed E-state index contributed by atoms with van der Waals surface area (Å²) in [6, 6.07) is 13.2. The van der Waals surface area contributed by atoms with E-state index in [1.165, 1.54) is 12.0 Å². The normalized spacial score (nSPS) is 18.0. The summed E-state index contributed by atoms with van der Waals surface area (Å²) in [6.07, 6.45) is 0.675. The number of rotatable bonds is 8. The summed E-state index contributed by atoms with van der Waals surface area (Å²) in [5, 5.41) is 11.1. The number of likely N-dealkylation sites (tertiary alicyclic amines) is 1. The van der Waals surface area contributed by atoms with Crippen molar-refractivity contribution in [2.24, 2.45) is 0 Å². The van der Waals surface area contributed by atoms with Gasteiger partial charge in [-0.05, 0) is 45.3 Å². The van der Waals surface area contributed by atoms with Gasteiger partial charge in [-0.2, -0.15) is 0 Å². The van der Waals surface area contributed by atoms with Crippen molar-refractivity contribution in [3.63, 3.8) is 0 Å². The Morgan fingerprint density at radius 1 is 1.06 bits per heavy atom. The van der Waals surface area contributed by atoms with Gasteiger partial charge in [-0.15, -0.1) is 0 Å². The number of ketones is 1. The second-order valence-corrected chi connectivity index (χ2v) is 7.62. The van der Waals surface area contributed by atoms with E-state index in [1.54, 1.807) is 49.6 Å². The standard InChI is InChI=1S/C24H28N2O5/c1-25(2)13-8-14-26-21(18-15-17(30-3)11-12-19(18)31-4)20(23(28)24(26)29)22(27)16-9-6-5-7-10-16/h5-7,9-12,15,21,27H,8,13-14H2,1-4H3. The lowest BCUT2D eigenvalue weighted by Gasteiger charge is -2.27. The fourth-order valence-corrected chi connectivity index (χ4v) is 3.80. The first kappa shape index (κ1) is 22.4. The van der Waals surface area contributed by atoms with Crippen molar-refractivity contribution in [1.82, 2.24) is 9.80 Å². The quantitative estimate of drug-likeness (QED) is 0.399. The van der Waals surface area contributed by atoms with Gasteiger partial charge in [0, 0.05) is 17.7 Å². The highest BCUT2D eigenvalue weighted by atomic mass is 16.5. The van der Waals surface area contributed by atoms with Crippen LogP contribution in [-0.4, -0.2) is 68.0 Å². The smallest absolute Gasteiger partial charge is 0.295 e. The molecule has 3 rings (SSSR count). The van der Waals surface area contributed by atoms with Gasteiger partial charge in [0.25, 0.3) is 11.7 Å². The van der Waals surface area contributed by atoms with Crippen LogP contribution in [0.4, 0.5) is 0 Å². The molecular weight excluding hydrogens is 396 g/mol. The third-order valence-corrected chi connectivity index (χ3v) is 5.32. The maximum atomic E-state index is 13.1. The maximum absolute atomic E-state index is 13.1. The van der Waals surface area contributed by atoms with Crippen molar-refractivity contribution in [2.75, 3.05) is 41.4 Å². The molecule has 31 heavy (non-hydrogen) atoms. The lowest BCUT2D eigenvalue weighted by Crippen LogP contribution is -2.32. The van der Waals surface area contributed by atoms with Crippen LogP contribution in [0.1, 0.15) is 23.6 Å². The molecule has 0 aliphatic carbocycles. The summed E-state index contributed by atoms with van der Waals surface area (Å²) in [6.45, 7) is 1.11. The minimum atomic E-state index is -0.785. The molecule has 0 radical (unpaired) electrons. The summed E-state index contributed by atoms with van der Waals surface area (Å²) in [4.78, 5) is 29.6. The van der Waals surface area contributed by atoms with E-state index in [2.05, 4.69) is 0 Å². The molecule has 1 aliphatic rings. The number of aliphatic hydroxyl groups excluding tert-OH is 1. The van der Waals surface area contributed by atoms with Gasteiger partial charge in [-0.3, -0.25) is 9.59 Å². The Hall–Kier alpha value is -3.32. The largest absolute Gasteiger partial charge is 0.507 e. The summed E-state index contributed by atoms with van der Waals surface area (Å²) in [5.41, 5.74) is 1.11. The third kappa shape index (κ3) is 4.56. The van der Waals surface area contributed by atoms with E-state index in [-0.39, 0.29) is 11.3 Å². The van der Waals surface area contributed by atoms with Gasteiger partial charge in [0.15, 0.2) is 0 Å². The fraction of sp³-hybridized carbons (Fsp3) is 0.333. The maximum Gasteiger partial charge on any atom is 0.295 e. The number of nitrogens with zero attached hydrogens (tertiary/aromatic N) is 2. The number of carbonyl (C=O) groups is 2. The second kappa shape index (κ2) is 9.66. The zero-order valence-corrected chi connectivity index (χ0v) is 18.3. The van der Waals surface area contributed by atoms with Crippen molar-refractivity contribution in [3.8, 4) is 11.5 Å². The first-order valence-electron chi connectivity index (χ1n) is 10.1. The fourth-order valence-electron chi connectivity index (χ4n) is 3.80. The van der Waals surface area contributed by atoms with Crippen molar-refractivity contribution in [2.45, 2.75) is 12.5 Å². The molecule has 1 N–H and O–H groups in total. The van der Waals surface area contributed by atoms with Crippen LogP contribution in [-0.2, 0) is 9.59 Å². The van der Waals surface area contributed by atoms with Crippen LogP contribution in [0.2, 0.25) is 0 Å². The number of ether oxygens (including phenoxy) is 2. The van der Waals surface area contributed by atoms with Gasteiger partial charge in [0.05, 0.1) is 25.8 Å². The van der Waals surface area contributed by atoms with Crippen molar-refractivity contribution < 1.29 is 24.2 Å². The van der Waals surface area contributed by atoms with E-state index in [0.717, 1.165) is 6.54 Å². The van der Waals surface area contributed by atoms with E-state index in [4.69, 9.17) is 9.47 Å². The van der Waals surface area contributed by atoms with Crippen molar-refractivity contribution in [1.29, 1.82) is 0 Å². The number of methoxy groups -OCH3 is 2. The van der Waals surface area contributed by atoms with Gasteiger partial charge in [0.2, 0.25) is 0 Å². The molecule has 164 valence electrons. The van der Waals surface area contributed by atoms with Crippen molar-refractivity contribution in [3.05, 3.63) is 65.2 Å². The molecule has 2 aromatic carbocycles. The molecule has 0 spiro atoms. The lowest BCUT2D eigenvalue weighted by atomic mass is 9.94. The molecule has 0 saturated carbocycles. The molecule has 1 aliphatic heterocycles. The van der Waals surface area contributed by atoms with Crippen LogP contribution in [0, 0.1) is 0 Å².